The van der Waals surface area contributed by atoms with E-state index in [1.807, 2.05) is 25.1 Å². The largest absolute Gasteiger partial charge is 0.483 e. The number of ether oxygens (including phenoxy) is 1. The molecule has 4 heteroatoms. The van der Waals surface area contributed by atoms with Crippen molar-refractivity contribution in [2.24, 2.45) is 0 Å². The van der Waals surface area contributed by atoms with Crippen molar-refractivity contribution in [3.63, 3.8) is 0 Å². The molecule has 0 aliphatic heterocycles. The summed E-state index contributed by atoms with van der Waals surface area (Å²) in [4.78, 5) is 12.2. The molecule has 2 rings (SSSR count). The van der Waals surface area contributed by atoms with Crippen molar-refractivity contribution in [3.8, 4) is 5.75 Å². The maximum absolute atomic E-state index is 12.2. The Bertz CT molecular complexity index is 748. The van der Waals surface area contributed by atoms with Gasteiger partial charge in [-0.3, -0.25) is 4.79 Å². The van der Waals surface area contributed by atoms with E-state index < -0.39 is 0 Å². The van der Waals surface area contributed by atoms with Crippen molar-refractivity contribution in [1.29, 1.82) is 0 Å². The van der Waals surface area contributed by atoms with Gasteiger partial charge < -0.3 is 10.1 Å². The number of carbonyl (C=O) groups is 1. The van der Waals surface area contributed by atoms with E-state index in [1.54, 1.807) is 0 Å². The lowest BCUT2D eigenvalue weighted by Crippen LogP contribution is -2.31. The average molecular weight is 418 g/mol. The molecule has 26 heavy (non-hydrogen) atoms. The maximum atomic E-state index is 12.2. The lowest BCUT2D eigenvalue weighted by Gasteiger charge is -2.21. The number of aryl methyl sites for hydroxylation is 1. The van der Waals surface area contributed by atoms with Crippen LogP contribution in [0.2, 0.25) is 0 Å². The SMILES string of the molecule is CCc1ccc(OCC(=O)N[C@@H](C)c2ccc(C(C)(C)C)cc2)c(Br)c1. The van der Waals surface area contributed by atoms with Crippen LogP contribution < -0.4 is 10.1 Å². The summed E-state index contributed by atoms with van der Waals surface area (Å²) in [7, 11) is 0. The number of carbonyl (C=O) groups excluding carboxylic acids is 1. The molecule has 0 spiro atoms. The first-order valence-corrected chi connectivity index (χ1v) is 9.81. The second-order valence-corrected chi connectivity index (χ2v) is 8.42. The minimum Gasteiger partial charge on any atom is -0.483 e. The number of benzene rings is 2. The van der Waals surface area contributed by atoms with Gasteiger partial charge in [0.1, 0.15) is 5.75 Å². The van der Waals surface area contributed by atoms with E-state index in [2.05, 4.69) is 73.2 Å². The summed E-state index contributed by atoms with van der Waals surface area (Å²) in [5.74, 6) is 0.545. The molecule has 1 atom stereocenters. The monoisotopic (exact) mass is 417 g/mol. The Morgan fingerprint density at radius 1 is 1.15 bits per heavy atom. The summed E-state index contributed by atoms with van der Waals surface area (Å²) in [6.07, 6.45) is 0.963. The topological polar surface area (TPSA) is 38.3 Å². The van der Waals surface area contributed by atoms with Crippen LogP contribution in [0, 0.1) is 0 Å². The Morgan fingerprint density at radius 2 is 1.81 bits per heavy atom. The summed E-state index contributed by atoms with van der Waals surface area (Å²) in [6.45, 7) is 10.6. The number of hydrogen-bond acceptors (Lipinski definition) is 2. The van der Waals surface area contributed by atoms with Crippen LogP contribution in [0.3, 0.4) is 0 Å². The first-order valence-electron chi connectivity index (χ1n) is 9.01. The molecule has 3 nitrogen and oxygen atoms in total. The number of rotatable bonds is 6. The summed E-state index contributed by atoms with van der Waals surface area (Å²) in [5, 5.41) is 2.99. The van der Waals surface area contributed by atoms with E-state index >= 15 is 0 Å². The second-order valence-electron chi connectivity index (χ2n) is 7.57. The molecule has 0 radical (unpaired) electrons. The zero-order valence-corrected chi connectivity index (χ0v) is 17.8. The minimum atomic E-state index is -0.135. The zero-order chi connectivity index (χ0) is 19.3. The third kappa shape index (κ3) is 5.60. The maximum Gasteiger partial charge on any atom is 0.258 e. The average Bonchev–Trinajstić information content (AvgIpc) is 2.59. The van der Waals surface area contributed by atoms with Crippen LogP contribution in [-0.2, 0) is 16.6 Å². The molecule has 140 valence electrons. The zero-order valence-electron chi connectivity index (χ0n) is 16.2. The first kappa shape index (κ1) is 20.5. The highest BCUT2D eigenvalue weighted by atomic mass is 79.9. The molecular formula is C22H28BrNO2. The fraction of sp³-hybridized carbons (Fsp3) is 0.409. The van der Waals surface area contributed by atoms with Gasteiger partial charge in [0.2, 0.25) is 0 Å². The van der Waals surface area contributed by atoms with Crippen LogP contribution in [0.25, 0.3) is 0 Å². The van der Waals surface area contributed by atoms with Crippen molar-refractivity contribution in [1.82, 2.24) is 5.32 Å². The molecule has 1 N–H and O–H groups in total. The van der Waals surface area contributed by atoms with Crippen LogP contribution in [0.1, 0.15) is 57.4 Å². The van der Waals surface area contributed by atoms with Gasteiger partial charge >= 0.3 is 0 Å². The highest BCUT2D eigenvalue weighted by Gasteiger charge is 2.15. The van der Waals surface area contributed by atoms with Crippen LogP contribution in [0.15, 0.2) is 46.9 Å². The second kappa shape index (κ2) is 8.72. The molecule has 2 aromatic rings. The lowest BCUT2D eigenvalue weighted by atomic mass is 9.86. The van der Waals surface area contributed by atoms with Gasteiger partial charge in [0, 0.05) is 0 Å². The van der Waals surface area contributed by atoms with Gasteiger partial charge in [0.15, 0.2) is 6.61 Å². The number of amides is 1. The van der Waals surface area contributed by atoms with Gasteiger partial charge in [-0.25, -0.2) is 0 Å². The van der Waals surface area contributed by atoms with Gasteiger partial charge in [-0.05, 0) is 63.5 Å². The molecule has 0 bridgehead atoms. The van der Waals surface area contributed by atoms with E-state index in [4.69, 9.17) is 4.74 Å². The van der Waals surface area contributed by atoms with E-state index in [0.717, 1.165) is 16.5 Å². The summed E-state index contributed by atoms with van der Waals surface area (Å²) in [6, 6.07) is 14.3. The number of halogens is 1. The highest BCUT2D eigenvalue weighted by Crippen LogP contribution is 2.26. The summed E-state index contributed by atoms with van der Waals surface area (Å²) >= 11 is 3.49. The number of nitrogens with one attached hydrogen (secondary N) is 1. The quantitative estimate of drug-likeness (QED) is 0.667. The normalized spacial score (nSPS) is 12.5. The molecule has 0 saturated carbocycles. The Morgan fingerprint density at radius 3 is 2.35 bits per heavy atom. The van der Waals surface area contributed by atoms with Crippen LogP contribution >= 0.6 is 15.9 Å². The molecular weight excluding hydrogens is 390 g/mol. The number of hydrogen-bond donors (Lipinski definition) is 1. The Kier molecular flexibility index (Phi) is 6.87. The fourth-order valence-corrected chi connectivity index (χ4v) is 3.20. The highest BCUT2D eigenvalue weighted by molar-refractivity contribution is 9.10. The molecule has 1 amide bonds. The van der Waals surface area contributed by atoms with Gasteiger partial charge in [0.25, 0.3) is 5.91 Å². The predicted molar refractivity (Wildman–Crippen MR) is 111 cm³/mol. The molecule has 0 aliphatic carbocycles. The predicted octanol–water partition coefficient (Wildman–Crippen LogP) is 5.57. The van der Waals surface area contributed by atoms with Crippen molar-refractivity contribution in [2.75, 3.05) is 6.61 Å². The Balaban J connectivity index is 1.91. The Hall–Kier alpha value is -1.81. The molecule has 0 fully saturated rings. The van der Waals surface area contributed by atoms with E-state index in [0.29, 0.717) is 5.75 Å². The molecule has 0 saturated heterocycles. The van der Waals surface area contributed by atoms with Gasteiger partial charge in [-0.1, -0.05) is 58.0 Å². The van der Waals surface area contributed by atoms with E-state index in [-0.39, 0.29) is 24.0 Å². The first-order chi connectivity index (χ1) is 12.2. The molecule has 0 unspecified atom stereocenters. The van der Waals surface area contributed by atoms with Crippen LogP contribution in [-0.4, -0.2) is 12.5 Å². The standard InChI is InChI=1S/C22H28BrNO2/c1-6-16-7-12-20(19(23)13-16)26-14-21(25)24-15(2)17-8-10-18(11-9-17)22(3,4)5/h7-13,15H,6,14H2,1-5H3,(H,24,25)/t15-/m0/s1. The van der Waals surface area contributed by atoms with Gasteiger partial charge in [-0.15, -0.1) is 0 Å². The van der Waals surface area contributed by atoms with E-state index in [1.165, 1.54) is 11.1 Å². The molecule has 0 aromatic heterocycles. The van der Waals surface area contributed by atoms with Gasteiger partial charge in [-0.2, -0.15) is 0 Å². The fourth-order valence-electron chi connectivity index (χ4n) is 2.66. The van der Waals surface area contributed by atoms with E-state index in [9.17, 15) is 4.79 Å². The van der Waals surface area contributed by atoms with Crippen molar-refractivity contribution < 1.29 is 9.53 Å². The third-order valence-corrected chi connectivity index (χ3v) is 5.04. The van der Waals surface area contributed by atoms with Crippen LogP contribution in [0.4, 0.5) is 0 Å². The minimum absolute atomic E-state index is 0.00547. The third-order valence-electron chi connectivity index (χ3n) is 4.42. The Labute approximate surface area is 165 Å². The summed E-state index contributed by atoms with van der Waals surface area (Å²) < 4.78 is 6.51. The smallest absolute Gasteiger partial charge is 0.258 e. The summed E-state index contributed by atoms with van der Waals surface area (Å²) in [5.41, 5.74) is 3.71. The van der Waals surface area contributed by atoms with Crippen molar-refractivity contribution >= 4 is 21.8 Å². The molecule has 0 aliphatic rings. The molecule has 2 aromatic carbocycles. The van der Waals surface area contributed by atoms with Crippen molar-refractivity contribution in [3.05, 3.63) is 63.6 Å². The molecule has 0 heterocycles. The van der Waals surface area contributed by atoms with Crippen molar-refractivity contribution in [2.45, 2.75) is 52.5 Å². The lowest BCUT2D eigenvalue weighted by molar-refractivity contribution is -0.123. The van der Waals surface area contributed by atoms with Gasteiger partial charge in [0.05, 0.1) is 10.5 Å². The van der Waals surface area contributed by atoms with Crippen LogP contribution in [0.5, 0.6) is 5.75 Å².